The second-order valence-corrected chi connectivity index (χ2v) is 3.79. The Balaban J connectivity index is 2.23. The van der Waals surface area contributed by atoms with Crippen LogP contribution in [0, 0.1) is 0 Å². The molecule has 2 aromatic rings. The molecule has 4 heteroatoms. The van der Waals surface area contributed by atoms with Crippen molar-refractivity contribution < 1.29 is 4.79 Å². The summed E-state index contributed by atoms with van der Waals surface area (Å²) in [5.74, 6) is -0.0437. The molecule has 84 valence electrons. The van der Waals surface area contributed by atoms with Crippen molar-refractivity contribution in [1.82, 2.24) is 4.57 Å². The van der Waals surface area contributed by atoms with Crippen molar-refractivity contribution in [3.8, 4) is 0 Å². The number of carbonyl (C=O) groups excluding carboxylic acids is 1. The first-order valence-electron chi connectivity index (χ1n) is 5.25. The van der Waals surface area contributed by atoms with Crippen LogP contribution in [-0.2, 0) is 11.8 Å². The highest BCUT2D eigenvalue weighted by atomic mass is 16.1. The second-order valence-electron chi connectivity index (χ2n) is 3.79. The predicted molar refractivity (Wildman–Crippen MR) is 65.2 cm³/mol. The maximum absolute atomic E-state index is 11.4. The van der Waals surface area contributed by atoms with Crippen LogP contribution < -0.4 is 11.1 Å². The van der Waals surface area contributed by atoms with Gasteiger partial charge in [0.15, 0.2) is 0 Å². The van der Waals surface area contributed by atoms with Crippen LogP contribution in [0.25, 0.3) is 10.9 Å². The molecule has 1 aromatic carbocycles. The molecule has 0 radical (unpaired) electrons. The molecule has 4 nitrogen and oxygen atoms in total. The molecule has 0 bridgehead atoms. The number of anilines is 1. The Morgan fingerprint density at radius 1 is 1.44 bits per heavy atom. The predicted octanol–water partition coefficient (Wildman–Crippen LogP) is 1.47. The number of nitrogens with two attached hydrogens (primary N) is 1. The molecule has 2 rings (SSSR count). The molecule has 0 saturated heterocycles. The highest BCUT2D eigenvalue weighted by Crippen LogP contribution is 2.19. The molecule has 0 aliphatic carbocycles. The first kappa shape index (κ1) is 10.7. The summed E-state index contributed by atoms with van der Waals surface area (Å²) in [6, 6.07) is 7.88. The molecule has 0 atom stereocenters. The van der Waals surface area contributed by atoms with E-state index in [9.17, 15) is 4.79 Å². The summed E-state index contributed by atoms with van der Waals surface area (Å²) in [7, 11) is 2.00. The molecular weight excluding hydrogens is 202 g/mol. The van der Waals surface area contributed by atoms with Gasteiger partial charge in [0.1, 0.15) is 0 Å². The van der Waals surface area contributed by atoms with Gasteiger partial charge in [0, 0.05) is 42.8 Å². The SMILES string of the molecule is Cn1ccc2cc(NC(=O)CCN)ccc21. The fourth-order valence-electron chi connectivity index (χ4n) is 1.71. The van der Waals surface area contributed by atoms with E-state index >= 15 is 0 Å². The highest BCUT2D eigenvalue weighted by Gasteiger charge is 2.03. The zero-order valence-corrected chi connectivity index (χ0v) is 9.23. The summed E-state index contributed by atoms with van der Waals surface area (Å²) < 4.78 is 2.04. The maximum atomic E-state index is 11.4. The number of amides is 1. The van der Waals surface area contributed by atoms with Crippen LogP contribution in [0.3, 0.4) is 0 Å². The van der Waals surface area contributed by atoms with E-state index in [1.165, 1.54) is 0 Å². The Bertz CT molecular complexity index is 516. The average molecular weight is 217 g/mol. The molecule has 1 aromatic heterocycles. The van der Waals surface area contributed by atoms with Crippen LogP contribution in [0.5, 0.6) is 0 Å². The zero-order valence-electron chi connectivity index (χ0n) is 9.23. The van der Waals surface area contributed by atoms with Crippen LogP contribution in [0.2, 0.25) is 0 Å². The zero-order chi connectivity index (χ0) is 11.5. The van der Waals surface area contributed by atoms with Crippen molar-refractivity contribution in [3.63, 3.8) is 0 Å². The Hall–Kier alpha value is -1.81. The molecule has 0 saturated carbocycles. The monoisotopic (exact) mass is 217 g/mol. The third-order valence-corrected chi connectivity index (χ3v) is 2.54. The number of benzene rings is 1. The molecule has 16 heavy (non-hydrogen) atoms. The number of aromatic nitrogens is 1. The molecule has 1 amide bonds. The smallest absolute Gasteiger partial charge is 0.225 e. The number of hydrogen-bond acceptors (Lipinski definition) is 2. The summed E-state index contributed by atoms with van der Waals surface area (Å²) in [4.78, 5) is 11.4. The van der Waals surface area contributed by atoms with Crippen LogP contribution in [0.15, 0.2) is 30.5 Å². The average Bonchev–Trinajstić information content (AvgIpc) is 2.60. The van der Waals surface area contributed by atoms with Crippen LogP contribution in [0.1, 0.15) is 6.42 Å². The van der Waals surface area contributed by atoms with Gasteiger partial charge in [-0.25, -0.2) is 0 Å². The van der Waals surface area contributed by atoms with Gasteiger partial charge in [0.05, 0.1) is 0 Å². The van der Waals surface area contributed by atoms with Crippen molar-refractivity contribution in [2.75, 3.05) is 11.9 Å². The largest absolute Gasteiger partial charge is 0.351 e. The topological polar surface area (TPSA) is 60.0 Å². The van der Waals surface area contributed by atoms with Crippen LogP contribution in [-0.4, -0.2) is 17.0 Å². The van der Waals surface area contributed by atoms with Gasteiger partial charge in [-0.05, 0) is 24.3 Å². The summed E-state index contributed by atoms with van der Waals surface area (Å²) in [6.07, 6.45) is 2.35. The molecule has 0 fully saturated rings. The van der Waals surface area contributed by atoms with Crippen molar-refractivity contribution >= 4 is 22.5 Å². The minimum atomic E-state index is -0.0437. The summed E-state index contributed by atoms with van der Waals surface area (Å²) in [5, 5.41) is 3.93. The number of fused-ring (bicyclic) bond motifs is 1. The number of carbonyl (C=O) groups is 1. The van der Waals surface area contributed by atoms with E-state index in [2.05, 4.69) is 5.32 Å². The van der Waals surface area contributed by atoms with Crippen molar-refractivity contribution in [3.05, 3.63) is 30.5 Å². The van der Waals surface area contributed by atoms with Gasteiger partial charge >= 0.3 is 0 Å². The van der Waals surface area contributed by atoms with Gasteiger partial charge in [0.25, 0.3) is 0 Å². The van der Waals surface area contributed by atoms with Gasteiger partial charge in [0.2, 0.25) is 5.91 Å². The number of nitrogens with zero attached hydrogens (tertiary/aromatic N) is 1. The fourth-order valence-corrected chi connectivity index (χ4v) is 1.71. The highest BCUT2D eigenvalue weighted by molar-refractivity contribution is 5.93. The van der Waals surface area contributed by atoms with E-state index in [1.807, 2.05) is 42.1 Å². The summed E-state index contributed by atoms with van der Waals surface area (Å²) >= 11 is 0. The number of nitrogens with one attached hydrogen (secondary N) is 1. The lowest BCUT2D eigenvalue weighted by molar-refractivity contribution is -0.116. The van der Waals surface area contributed by atoms with E-state index in [4.69, 9.17) is 5.73 Å². The molecule has 0 aliphatic heterocycles. The van der Waals surface area contributed by atoms with Crippen molar-refractivity contribution in [2.45, 2.75) is 6.42 Å². The Morgan fingerprint density at radius 2 is 2.25 bits per heavy atom. The normalized spacial score (nSPS) is 10.6. The first-order valence-corrected chi connectivity index (χ1v) is 5.25. The summed E-state index contributed by atoms with van der Waals surface area (Å²) in [5.41, 5.74) is 7.28. The van der Waals surface area contributed by atoms with Gasteiger partial charge in [-0.2, -0.15) is 0 Å². The maximum Gasteiger partial charge on any atom is 0.225 e. The summed E-state index contributed by atoms with van der Waals surface area (Å²) in [6.45, 7) is 0.374. The molecule has 3 N–H and O–H groups in total. The number of rotatable bonds is 3. The van der Waals surface area contributed by atoms with Gasteiger partial charge in [-0.1, -0.05) is 0 Å². The quantitative estimate of drug-likeness (QED) is 0.817. The molecule has 0 unspecified atom stereocenters. The molecule has 0 spiro atoms. The van der Waals surface area contributed by atoms with E-state index in [0.29, 0.717) is 13.0 Å². The van der Waals surface area contributed by atoms with E-state index in [1.54, 1.807) is 0 Å². The minimum absolute atomic E-state index is 0.0437. The Labute approximate surface area is 94.0 Å². The second kappa shape index (κ2) is 4.37. The molecular formula is C12H15N3O. The minimum Gasteiger partial charge on any atom is -0.351 e. The Kier molecular flexibility index (Phi) is 2.92. The lowest BCUT2D eigenvalue weighted by Crippen LogP contribution is -2.16. The molecule has 1 heterocycles. The lowest BCUT2D eigenvalue weighted by Gasteiger charge is -2.04. The third kappa shape index (κ3) is 2.06. The van der Waals surface area contributed by atoms with Gasteiger partial charge in [-0.3, -0.25) is 4.79 Å². The van der Waals surface area contributed by atoms with Crippen molar-refractivity contribution in [1.29, 1.82) is 0 Å². The van der Waals surface area contributed by atoms with Gasteiger partial charge < -0.3 is 15.6 Å². The fraction of sp³-hybridized carbons (Fsp3) is 0.250. The van der Waals surface area contributed by atoms with E-state index in [-0.39, 0.29) is 5.91 Å². The standard InChI is InChI=1S/C12H15N3O/c1-15-7-5-9-8-10(2-3-11(9)15)14-12(16)4-6-13/h2-3,5,7-8H,4,6,13H2,1H3,(H,14,16). The molecule has 0 aliphatic rings. The number of aryl methyl sites for hydroxylation is 1. The van der Waals surface area contributed by atoms with E-state index in [0.717, 1.165) is 16.6 Å². The lowest BCUT2D eigenvalue weighted by atomic mass is 10.2. The van der Waals surface area contributed by atoms with Crippen LogP contribution >= 0.6 is 0 Å². The van der Waals surface area contributed by atoms with Crippen LogP contribution in [0.4, 0.5) is 5.69 Å². The van der Waals surface area contributed by atoms with E-state index < -0.39 is 0 Å². The van der Waals surface area contributed by atoms with Crippen molar-refractivity contribution in [2.24, 2.45) is 12.8 Å². The third-order valence-electron chi connectivity index (χ3n) is 2.54. The Morgan fingerprint density at radius 3 is 3.00 bits per heavy atom. The first-order chi connectivity index (χ1) is 7.70. The van der Waals surface area contributed by atoms with Gasteiger partial charge in [-0.15, -0.1) is 0 Å². The number of hydrogen-bond donors (Lipinski definition) is 2.